The summed E-state index contributed by atoms with van der Waals surface area (Å²) in [6.45, 7) is 3.93. The number of H-pyrrole nitrogens is 1. The Morgan fingerprint density at radius 3 is 3.08 bits per heavy atom. The van der Waals surface area contributed by atoms with Crippen LogP contribution in [0.25, 0.3) is 0 Å². The zero-order valence-electron chi connectivity index (χ0n) is 7.50. The van der Waals surface area contributed by atoms with Gasteiger partial charge in [-0.3, -0.25) is 4.79 Å². The van der Waals surface area contributed by atoms with E-state index in [0.717, 1.165) is 6.42 Å². The molecule has 0 saturated carbocycles. The smallest absolute Gasteiger partial charge is 0.268 e. The highest BCUT2D eigenvalue weighted by Gasteiger charge is 2.08. The molecule has 1 unspecified atom stereocenters. The van der Waals surface area contributed by atoms with E-state index in [2.05, 4.69) is 25.9 Å². The molecule has 0 aromatic carbocycles. The van der Waals surface area contributed by atoms with E-state index in [4.69, 9.17) is 4.74 Å². The summed E-state index contributed by atoms with van der Waals surface area (Å²) < 4.78 is 5.74. The van der Waals surface area contributed by atoms with Crippen molar-refractivity contribution >= 4 is 15.9 Å². The molecule has 0 aliphatic carbocycles. The molecule has 0 spiro atoms. The van der Waals surface area contributed by atoms with Crippen LogP contribution in [0.2, 0.25) is 0 Å². The van der Waals surface area contributed by atoms with Gasteiger partial charge >= 0.3 is 0 Å². The van der Waals surface area contributed by atoms with Crippen LogP contribution in [-0.2, 0) is 0 Å². The molecule has 13 heavy (non-hydrogen) atoms. The van der Waals surface area contributed by atoms with Gasteiger partial charge in [0.2, 0.25) is 5.88 Å². The maximum atomic E-state index is 11.1. The third kappa shape index (κ3) is 2.55. The van der Waals surface area contributed by atoms with Crippen molar-refractivity contribution in [3.63, 3.8) is 0 Å². The molecule has 0 saturated heterocycles. The molecular formula is C8H11BrN2O2. The zero-order valence-corrected chi connectivity index (χ0v) is 9.09. The summed E-state index contributed by atoms with van der Waals surface area (Å²) in [5.41, 5.74) is -0.228. The lowest BCUT2D eigenvalue weighted by Gasteiger charge is -2.11. The van der Waals surface area contributed by atoms with Crippen LogP contribution >= 0.6 is 15.9 Å². The van der Waals surface area contributed by atoms with E-state index in [1.165, 1.54) is 6.33 Å². The van der Waals surface area contributed by atoms with E-state index in [-0.39, 0.29) is 11.7 Å². The molecule has 0 bridgehead atoms. The van der Waals surface area contributed by atoms with Crippen LogP contribution in [0.5, 0.6) is 5.88 Å². The Morgan fingerprint density at radius 1 is 1.77 bits per heavy atom. The first-order chi connectivity index (χ1) is 6.15. The van der Waals surface area contributed by atoms with Gasteiger partial charge in [-0.1, -0.05) is 6.92 Å². The van der Waals surface area contributed by atoms with Gasteiger partial charge < -0.3 is 9.72 Å². The van der Waals surface area contributed by atoms with Crippen LogP contribution in [-0.4, -0.2) is 16.1 Å². The van der Waals surface area contributed by atoms with Crippen LogP contribution in [0.15, 0.2) is 15.6 Å². The Balaban J connectivity index is 2.89. The number of nitrogens with zero attached hydrogens (tertiary/aromatic N) is 1. The van der Waals surface area contributed by atoms with Crippen molar-refractivity contribution in [2.24, 2.45) is 0 Å². The SMILES string of the molecule is CCC(C)Oc1nc[nH]c(=O)c1Br. The number of halogens is 1. The van der Waals surface area contributed by atoms with E-state index in [1.807, 2.05) is 13.8 Å². The lowest BCUT2D eigenvalue weighted by atomic mass is 10.3. The lowest BCUT2D eigenvalue weighted by molar-refractivity contribution is 0.206. The summed E-state index contributed by atoms with van der Waals surface area (Å²) in [4.78, 5) is 17.4. The second-order valence-electron chi connectivity index (χ2n) is 2.69. The Kier molecular flexibility index (Phi) is 3.48. The lowest BCUT2D eigenvalue weighted by Crippen LogP contribution is -2.15. The van der Waals surface area contributed by atoms with E-state index in [9.17, 15) is 4.79 Å². The molecule has 1 rings (SSSR count). The fourth-order valence-electron chi connectivity index (χ4n) is 0.723. The molecule has 1 aromatic heterocycles. The van der Waals surface area contributed by atoms with Gasteiger partial charge in [-0.2, -0.15) is 0 Å². The van der Waals surface area contributed by atoms with Crippen LogP contribution in [0.4, 0.5) is 0 Å². The van der Waals surface area contributed by atoms with Crippen molar-refractivity contribution in [3.05, 3.63) is 21.2 Å². The number of nitrogens with one attached hydrogen (secondary N) is 1. The van der Waals surface area contributed by atoms with E-state index < -0.39 is 0 Å². The first kappa shape index (κ1) is 10.2. The largest absolute Gasteiger partial charge is 0.474 e. The van der Waals surface area contributed by atoms with Crippen LogP contribution < -0.4 is 10.3 Å². The number of hydrogen-bond donors (Lipinski definition) is 1. The Bertz CT molecular complexity index is 337. The van der Waals surface area contributed by atoms with E-state index in [1.54, 1.807) is 0 Å². The van der Waals surface area contributed by atoms with Gasteiger partial charge in [0.1, 0.15) is 4.47 Å². The van der Waals surface area contributed by atoms with Crippen molar-refractivity contribution in [1.82, 2.24) is 9.97 Å². The number of hydrogen-bond acceptors (Lipinski definition) is 3. The van der Waals surface area contributed by atoms with Gasteiger partial charge in [0.15, 0.2) is 0 Å². The first-order valence-corrected chi connectivity index (χ1v) is 4.84. The third-order valence-corrected chi connectivity index (χ3v) is 2.35. The zero-order chi connectivity index (χ0) is 9.84. The molecule has 1 N–H and O–H groups in total. The molecule has 0 radical (unpaired) electrons. The quantitative estimate of drug-likeness (QED) is 0.884. The van der Waals surface area contributed by atoms with Gasteiger partial charge in [0, 0.05) is 0 Å². The summed E-state index contributed by atoms with van der Waals surface area (Å²) in [6, 6.07) is 0. The number of ether oxygens (including phenoxy) is 1. The minimum absolute atomic E-state index is 0.0607. The molecule has 0 aliphatic rings. The predicted octanol–water partition coefficient (Wildman–Crippen LogP) is 1.71. The normalized spacial score (nSPS) is 12.5. The standard InChI is InChI=1S/C8H11BrN2O2/c1-3-5(2)13-8-6(9)7(12)10-4-11-8/h4-5H,3H2,1-2H3,(H,10,11,12). The van der Waals surface area contributed by atoms with Gasteiger partial charge in [0.05, 0.1) is 12.4 Å². The topological polar surface area (TPSA) is 55.0 Å². The Hall–Kier alpha value is -0.840. The highest BCUT2D eigenvalue weighted by molar-refractivity contribution is 9.10. The Morgan fingerprint density at radius 2 is 2.46 bits per heavy atom. The molecule has 72 valence electrons. The second-order valence-corrected chi connectivity index (χ2v) is 3.48. The second kappa shape index (κ2) is 4.41. The number of aromatic nitrogens is 2. The summed E-state index contributed by atoms with van der Waals surface area (Å²) in [5, 5.41) is 0. The molecular weight excluding hydrogens is 236 g/mol. The van der Waals surface area contributed by atoms with Gasteiger partial charge in [-0.25, -0.2) is 4.98 Å². The summed E-state index contributed by atoms with van der Waals surface area (Å²) >= 11 is 3.11. The molecule has 5 heteroatoms. The molecule has 1 atom stereocenters. The van der Waals surface area contributed by atoms with E-state index >= 15 is 0 Å². The molecule has 4 nitrogen and oxygen atoms in total. The molecule has 0 fully saturated rings. The minimum Gasteiger partial charge on any atom is -0.474 e. The van der Waals surface area contributed by atoms with Crippen molar-refractivity contribution in [2.45, 2.75) is 26.4 Å². The molecule has 0 amide bonds. The highest BCUT2D eigenvalue weighted by atomic mass is 79.9. The minimum atomic E-state index is -0.228. The third-order valence-electron chi connectivity index (χ3n) is 1.65. The van der Waals surface area contributed by atoms with Crippen molar-refractivity contribution in [1.29, 1.82) is 0 Å². The number of rotatable bonds is 3. The van der Waals surface area contributed by atoms with Gasteiger partial charge in [-0.15, -0.1) is 0 Å². The van der Waals surface area contributed by atoms with Gasteiger partial charge in [-0.05, 0) is 29.3 Å². The average molecular weight is 247 g/mol. The fourth-order valence-corrected chi connectivity index (χ4v) is 1.03. The first-order valence-electron chi connectivity index (χ1n) is 4.05. The molecule has 1 heterocycles. The highest BCUT2D eigenvalue weighted by Crippen LogP contribution is 2.17. The summed E-state index contributed by atoms with van der Waals surface area (Å²) in [5.74, 6) is 0.345. The van der Waals surface area contributed by atoms with Crippen LogP contribution in [0.1, 0.15) is 20.3 Å². The maximum Gasteiger partial charge on any atom is 0.268 e. The summed E-state index contributed by atoms with van der Waals surface area (Å²) in [7, 11) is 0. The van der Waals surface area contributed by atoms with E-state index in [0.29, 0.717) is 10.4 Å². The fraction of sp³-hybridized carbons (Fsp3) is 0.500. The maximum absolute atomic E-state index is 11.1. The van der Waals surface area contributed by atoms with Crippen LogP contribution in [0, 0.1) is 0 Å². The van der Waals surface area contributed by atoms with Gasteiger partial charge in [0.25, 0.3) is 5.56 Å². The van der Waals surface area contributed by atoms with Crippen molar-refractivity contribution in [3.8, 4) is 5.88 Å². The van der Waals surface area contributed by atoms with Crippen molar-refractivity contribution < 1.29 is 4.74 Å². The number of aromatic amines is 1. The molecule has 1 aromatic rings. The average Bonchev–Trinajstić information content (AvgIpc) is 2.13. The Labute approximate surface area is 84.5 Å². The monoisotopic (exact) mass is 246 g/mol. The molecule has 0 aliphatic heterocycles. The predicted molar refractivity (Wildman–Crippen MR) is 52.9 cm³/mol. The van der Waals surface area contributed by atoms with Crippen molar-refractivity contribution in [2.75, 3.05) is 0 Å². The van der Waals surface area contributed by atoms with Crippen LogP contribution in [0.3, 0.4) is 0 Å². The summed E-state index contributed by atoms with van der Waals surface area (Å²) in [6.07, 6.45) is 2.26.